The lowest BCUT2D eigenvalue weighted by atomic mass is 10.0. The number of para-hydroxylation sites is 1. The number of fused-ring (bicyclic) bond motifs is 1. The summed E-state index contributed by atoms with van der Waals surface area (Å²) >= 11 is 0. The Balaban J connectivity index is 0.00000353. The first-order valence-electron chi connectivity index (χ1n) is 12.8. The molecule has 0 aliphatic carbocycles. The largest absolute Gasteiger partial charge is 0.497 e. The van der Waals surface area contributed by atoms with E-state index < -0.39 is 10.0 Å². The number of nitrogens with two attached hydrogens (primary N) is 1. The van der Waals surface area contributed by atoms with Crippen LogP contribution < -0.4 is 16.6 Å². The second-order valence-electron chi connectivity index (χ2n) is 9.57. The molecule has 1 aliphatic rings. The normalized spacial score (nSPS) is 16.4. The predicted octanol–water partition coefficient (Wildman–Crippen LogP) is 4.11. The summed E-state index contributed by atoms with van der Waals surface area (Å²) in [6.45, 7) is 4.03. The Morgan fingerprint density at radius 1 is 0.897 bits per heavy atom. The Kier molecular flexibility index (Phi) is 8.94. The van der Waals surface area contributed by atoms with Gasteiger partial charge >= 0.3 is 0 Å². The minimum Gasteiger partial charge on any atom is -0.497 e. The van der Waals surface area contributed by atoms with Crippen LogP contribution in [0.2, 0.25) is 0 Å². The van der Waals surface area contributed by atoms with Gasteiger partial charge in [-0.3, -0.25) is 4.90 Å². The van der Waals surface area contributed by atoms with Crippen molar-refractivity contribution in [1.29, 1.82) is 0 Å². The Labute approximate surface area is 230 Å². The number of methoxy groups -OCH3 is 1. The van der Waals surface area contributed by atoms with E-state index in [1.807, 2.05) is 42.5 Å². The first-order valence-corrected chi connectivity index (χ1v) is 14.2. The van der Waals surface area contributed by atoms with Gasteiger partial charge in [-0.15, -0.1) is 0 Å². The molecule has 1 aromatic heterocycles. The van der Waals surface area contributed by atoms with Crippen molar-refractivity contribution >= 4 is 20.9 Å². The van der Waals surface area contributed by atoms with Gasteiger partial charge in [0.2, 0.25) is 10.0 Å². The summed E-state index contributed by atoms with van der Waals surface area (Å²) in [6, 6.07) is 24.3. The SMILES string of the molecule is COc1ccc(S(=O)(=O)N2CCN(C(C)c3nc(C(N)Cc4ccccc4)c4ccccc4n3)CC2)cc1.N. The summed E-state index contributed by atoms with van der Waals surface area (Å²) in [6.07, 6.45) is 0.678. The second kappa shape index (κ2) is 12.2. The van der Waals surface area contributed by atoms with E-state index in [1.54, 1.807) is 35.7 Å². The van der Waals surface area contributed by atoms with E-state index in [9.17, 15) is 8.42 Å². The Morgan fingerprint density at radius 3 is 2.21 bits per heavy atom. The molecule has 2 unspecified atom stereocenters. The van der Waals surface area contributed by atoms with Gasteiger partial charge in [-0.2, -0.15) is 4.31 Å². The first kappa shape index (κ1) is 28.6. The fourth-order valence-electron chi connectivity index (χ4n) is 4.95. The first-order chi connectivity index (χ1) is 18.4. The van der Waals surface area contributed by atoms with Crippen LogP contribution in [0.4, 0.5) is 0 Å². The molecule has 3 aromatic carbocycles. The highest BCUT2D eigenvalue weighted by atomic mass is 32.2. The minimum atomic E-state index is -3.57. The fourth-order valence-corrected chi connectivity index (χ4v) is 6.37. The average molecular weight is 549 g/mol. The number of benzene rings is 3. The molecular weight excluding hydrogens is 512 g/mol. The Hall–Kier alpha value is -3.41. The van der Waals surface area contributed by atoms with E-state index in [2.05, 4.69) is 24.0 Å². The molecule has 2 heterocycles. The van der Waals surface area contributed by atoms with Crippen LogP contribution in [0.3, 0.4) is 0 Å². The minimum absolute atomic E-state index is 0. The summed E-state index contributed by atoms with van der Waals surface area (Å²) in [5, 5.41) is 0.960. The molecule has 39 heavy (non-hydrogen) atoms. The molecule has 0 amide bonds. The second-order valence-corrected chi connectivity index (χ2v) is 11.5. The van der Waals surface area contributed by atoms with Crippen molar-refractivity contribution in [1.82, 2.24) is 25.3 Å². The molecule has 1 saturated heterocycles. The van der Waals surface area contributed by atoms with Crippen molar-refractivity contribution in [2.75, 3.05) is 33.3 Å². The number of sulfonamides is 1. The summed E-state index contributed by atoms with van der Waals surface area (Å²) in [5.74, 6) is 1.33. The fraction of sp³-hybridized carbons (Fsp3) is 0.310. The van der Waals surface area contributed by atoms with E-state index in [4.69, 9.17) is 20.4 Å². The van der Waals surface area contributed by atoms with E-state index in [0.29, 0.717) is 44.2 Å². The summed E-state index contributed by atoms with van der Waals surface area (Å²) in [5.41, 5.74) is 9.55. The maximum absolute atomic E-state index is 13.2. The molecule has 0 radical (unpaired) electrons. The third-order valence-corrected chi connectivity index (χ3v) is 9.10. The lowest BCUT2D eigenvalue weighted by Gasteiger charge is -2.37. The molecule has 10 heteroatoms. The molecule has 2 atom stereocenters. The van der Waals surface area contributed by atoms with E-state index in [-0.39, 0.29) is 23.1 Å². The van der Waals surface area contributed by atoms with Gasteiger partial charge in [-0.05, 0) is 49.2 Å². The molecule has 5 N–H and O–H groups in total. The van der Waals surface area contributed by atoms with E-state index >= 15 is 0 Å². The molecule has 206 valence electrons. The number of piperazine rings is 1. The maximum Gasteiger partial charge on any atom is 0.243 e. The molecule has 9 nitrogen and oxygen atoms in total. The summed E-state index contributed by atoms with van der Waals surface area (Å²) < 4.78 is 33.1. The number of aromatic nitrogens is 2. The zero-order valence-electron chi connectivity index (χ0n) is 22.4. The number of rotatable bonds is 8. The van der Waals surface area contributed by atoms with E-state index in [1.165, 1.54) is 0 Å². The van der Waals surface area contributed by atoms with Gasteiger partial charge in [0, 0.05) is 31.6 Å². The Morgan fingerprint density at radius 2 is 1.54 bits per heavy atom. The summed E-state index contributed by atoms with van der Waals surface area (Å²) in [4.78, 5) is 12.4. The zero-order valence-corrected chi connectivity index (χ0v) is 23.2. The van der Waals surface area contributed by atoms with Gasteiger partial charge in [-0.1, -0.05) is 48.5 Å². The Bertz CT molecular complexity index is 1490. The van der Waals surface area contributed by atoms with Gasteiger partial charge in [0.25, 0.3) is 0 Å². The quantitative estimate of drug-likeness (QED) is 0.336. The van der Waals surface area contributed by atoms with Crippen LogP contribution in [0.15, 0.2) is 83.8 Å². The highest BCUT2D eigenvalue weighted by molar-refractivity contribution is 7.89. The third kappa shape index (κ3) is 6.10. The van der Waals surface area contributed by atoms with Crippen LogP contribution in [-0.2, 0) is 16.4 Å². The van der Waals surface area contributed by atoms with Crippen LogP contribution >= 0.6 is 0 Å². The van der Waals surface area contributed by atoms with Crippen LogP contribution in [0.25, 0.3) is 10.9 Å². The molecule has 5 rings (SSSR count). The van der Waals surface area contributed by atoms with Crippen LogP contribution in [0, 0.1) is 0 Å². The lowest BCUT2D eigenvalue weighted by molar-refractivity contribution is 0.141. The maximum atomic E-state index is 13.2. The van der Waals surface area contributed by atoms with Gasteiger partial charge < -0.3 is 16.6 Å². The molecule has 1 fully saturated rings. The molecule has 4 aromatic rings. The van der Waals surface area contributed by atoms with Crippen molar-refractivity contribution in [2.24, 2.45) is 5.73 Å². The molecule has 1 aliphatic heterocycles. The van der Waals surface area contributed by atoms with Crippen molar-refractivity contribution in [3.63, 3.8) is 0 Å². The average Bonchev–Trinajstić information content (AvgIpc) is 2.96. The third-order valence-electron chi connectivity index (χ3n) is 7.19. The van der Waals surface area contributed by atoms with Gasteiger partial charge in [0.05, 0.1) is 35.3 Å². The smallest absolute Gasteiger partial charge is 0.243 e. The molecule has 0 bridgehead atoms. The van der Waals surface area contributed by atoms with Crippen LogP contribution in [0.1, 0.15) is 36.1 Å². The molecular formula is C29H36N6O3S. The highest BCUT2D eigenvalue weighted by Gasteiger charge is 2.31. The van der Waals surface area contributed by atoms with Crippen molar-refractivity contribution in [3.8, 4) is 5.75 Å². The van der Waals surface area contributed by atoms with Crippen molar-refractivity contribution in [2.45, 2.75) is 30.3 Å². The predicted molar refractivity (Wildman–Crippen MR) is 153 cm³/mol. The zero-order chi connectivity index (χ0) is 26.7. The van der Waals surface area contributed by atoms with Gasteiger partial charge in [0.1, 0.15) is 11.6 Å². The molecule has 0 saturated carbocycles. The standard InChI is InChI=1S/C29H33N5O3S.H3N/c1-21(33-16-18-34(19-17-33)38(35,36)24-14-12-23(37-2)13-15-24)29-31-27-11-7-6-10-25(27)28(32-29)26(30)20-22-8-4-3-5-9-22;/h3-15,21,26H,16-20,30H2,1-2H3;1H3. The number of hydrogen-bond donors (Lipinski definition) is 2. The number of ether oxygens (including phenoxy) is 1. The monoisotopic (exact) mass is 548 g/mol. The van der Waals surface area contributed by atoms with Crippen LogP contribution in [0.5, 0.6) is 5.75 Å². The topological polar surface area (TPSA) is 137 Å². The lowest BCUT2D eigenvalue weighted by Crippen LogP contribution is -2.49. The molecule has 0 spiro atoms. The van der Waals surface area contributed by atoms with Gasteiger partial charge in [-0.25, -0.2) is 18.4 Å². The van der Waals surface area contributed by atoms with E-state index in [0.717, 1.165) is 22.2 Å². The highest BCUT2D eigenvalue weighted by Crippen LogP contribution is 2.28. The van der Waals surface area contributed by atoms with Crippen molar-refractivity contribution < 1.29 is 13.2 Å². The van der Waals surface area contributed by atoms with Crippen molar-refractivity contribution in [3.05, 3.63) is 95.9 Å². The summed E-state index contributed by atoms with van der Waals surface area (Å²) in [7, 11) is -2.02. The van der Waals surface area contributed by atoms with Gasteiger partial charge in [0.15, 0.2) is 0 Å². The van der Waals surface area contributed by atoms with Crippen LogP contribution in [-0.4, -0.2) is 60.9 Å². The number of nitrogens with zero attached hydrogens (tertiary/aromatic N) is 4. The number of hydrogen-bond acceptors (Lipinski definition) is 8.